The molecule has 10 rings (SSSR count). The van der Waals surface area contributed by atoms with Crippen LogP contribution in [0.4, 0.5) is 0 Å². The number of hydrogen-bond acceptors (Lipinski definition) is 55. The molecule has 10 aliphatic rings. The van der Waals surface area contributed by atoms with Gasteiger partial charge >= 0.3 is 0 Å². The average Bonchev–Trinajstić information content (AvgIpc) is 0.755. The first-order chi connectivity index (χ1) is 64.3. The predicted molar refractivity (Wildman–Crippen MR) is 421 cm³/mol. The maximum absolute atomic E-state index is 13.3. The third-order valence-electron chi connectivity index (χ3n) is 24.6. The van der Waals surface area contributed by atoms with E-state index in [1.807, 2.05) is 0 Å². The lowest BCUT2D eigenvalue weighted by Gasteiger charge is -2.51. The van der Waals surface area contributed by atoms with E-state index in [9.17, 15) is 177 Å². The Morgan fingerprint density at radius 1 is 0.272 bits per heavy atom. The molecule has 10 heterocycles. The van der Waals surface area contributed by atoms with E-state index < -0.39 is 433 Å². The van der Waals surface area contributed by atoms with Gasteiger partial charge in [-0.1, -0.05) is 0 Å². The second-order valence-electron chi connectivity index (χ2n) is 34.3. The second-order valence-corrected chi connectivity index (χ2v) is 34.3. The molecule has 10 fully saturated rings. The Morgan fingerprint density at radius 2 is 0.574 bits per heavy atom. The highest BCUT2D eigenvalue weighted by molar-refractivity contribution is 5.75. The van der Waals surface area contributed by atoms with Gasteiger partial charge in [-0.05, 0) is 6.92 Å². The maximum atomic E-state index is 13.3. The van der Waals surface area contributed by atoms with E-state index >= 15 is 0 Å². The van der Waals surface area contributed by atoms with Crippen LogP contribution in [0.5, 0.6) is 0 Å². The van der Waals surface area contributed by atoms with Gasteiger partial charge in [0, 0.05) is 34.6 Å². The summed E-state index contributed by atoms with van der Waals surface area (Å²) in [6, 6.07) is -9.68. The van der Waals surface area contributed by atoms with E-state index in [1.54, 1.807) is 0 Å². The van der Waals surface area contributed by atoms with Crippen molar-refractivity contribution in [3.8, 4) is 0 Å². The van der Waals surface area contributed by atoms with Crippen LogP contribution >= 0.6 is 0 Å². The second kappa shape index (κ2) is 50.2. The first-order valence-corrected chi connectivity index (χ1v) is 43.4. The average molecular weight is 1990 g/mol. The summed E-state index contributed by atoms with van der Waals surface area (Å²) in [5, 5.41) is 349. The van der Waals surface area contributed by atoms with E-state index in [4.69, 9.17) is 94.7 Å². The topological polar surface area (TPSA) is 937 Å². The standard InChI is InChI=1S/C76H129N5O55/c1-18-39(97)51(109)55(113)71(119-18)117-16-25(96)59(40(98)24(7-82)77-19(2)91)129-68-36(79-21(4)93)49(107)62(32(14-89)125-68)132-74-58(116)64(134-76-66(54(112)44(102)29(11-86)124-76)136-70-37(80-22(5)94)48(106)60(31(13-88)126-70)130-67-35(78-20(3)92)47(105)41(99)26(8-83)120-67)46(104)34(128-74)17-118-75-65(53(111)43(101)28(10-85)123-75)135-69-38(81-23(6)95)50(108)61(33(15-90)127-69)131-73-57(115)63(45(103)30(12-87)122-73)133-72-56(114)52(110)42(100)27(9-84)121-72/h18,24-76,82-90,96-116H,7-17H2,1-6H3,(H,77,91)(H,78,92)(H,79,93)(H,80,94)(H,81,95)/t18-,24-,25+,26+,27+,28+,29+,30+,31+,32+,33+,34+,35+,36+,37+,38+,39+,40+,41-,42-,43+,44+,45-,46+,47+,48+,49+,50+,51+,52-,53-,54-,55-,56+,57+,58-,59+,60+,61+,62+,63-,64-,65-,66-,67-,68-,69-,70-,71+,72+,73-,74-,75-,76+/m0/s1. The Hall–Kier alpha value is -4.65. The number of ether oxygens (including phenoxy) is 20. The van der Waals surface area contributed by atoms with Gasteiger partial charge in [0.2, 0.25) is 29.5 Å². The predicted octanol–water partition coefficient (Wildman–Crippen LogP) is -23.6. The Labute approximate surface area is 771 Å². The molecule has 0 radical (unpaired) electrons. The van der Waals surface area contributed by atoms with Crippen molar-refractivity contribution in [2.45, 2.75) is 373 Å². The van der Waals surface area contributed by atoms with Gasteiger partial charge < -0.3 is 275 Å². The number of aliphatic hydroxyl groups excluding tert-OH is 30. The summed E-state index contributed by atoms with van der Waals surface area (Å²) in [5.41, 5.74) is 0. The van der Waals surface area contributed by atoms with Crippen LogP contribution in [0.1, 0.15) is 41.5 Å². The van der Waals surface area contributed by atoms with E-state index in [1.165, 1.54) is 6.92 Å². The highest BCUT2D eigenvalue weighted by Crippen LogP contribution is 2.41. The summed E-state index contributed by atoms with van der Waals surface area (Å²) in [6.45, 7) is -6.85. The summed E-state index contributed by atoms with van der Waals surface area (Å²) in [7, 11) is 0. The maximum Gasteiger partial charge on any atom is 0.217 e. The highest BCUT2D eigenvalue weighted by Gasteiger charge is 2.62. The normalized spacial score (nSPS) is 46.7. The third kappa shape index (κ3) is 25.8. The molecule has 0 aliphatic carbocycles. The summed E-state index contributed by atoms with van der Waals surface area (Å²) in [4.78, 5) is 64.5. The van der Waals surface area contributed by atoms with Crippen LogP contribution in [0.2, 0.25) is 0 Å². The van der Waals surface area contributed by atoms with Crippen LogP contribution in [0.15, 0.2) is 0 Å². The molecule has 136 heavy (non-hydrogen) atoms. The van der Waals surface area contributed by atoms with Crippen molar-refractivity contribution in [2.75, 3.05) is 72.7 Å². The van der Waals surface area contributed by atoms with E-state index in [2.05, 4.69) is 26.6 Å². The van der Waals surface area contributed by atoms with Crippen LogP contribution in [0.3, 0.4) is 0 Å². The van der Waals surface area contributed by atoms with Gasteiger partial charge in [-0.25, -0.2) is 0 Å². The van der Waals surface area contributed by atoms with Gasteiger partial charge in [-0.2, -0.15) is 0 Å². The van der Waals surface area contributed by atoms with Crippen LogP contribution in [0, 0.1) is 0 Å². The van der Waals surface area contributed by atoms with E-state index in [-0.39, 0.29) is 0 Å². The number of aliphatic hydroxyl groups is 30. The van der Waals surface area contributed by atoms with Gasteiger partial charge in [0.25, 0.3) is 0 Å². The molecule has 5 amide bonds. The Balaban J connectivity index is 0.987. The minimum absolute atomic E-state index is 0.838. The third-order valence-corrected chi connectivity index (χ3v) is 24.6. The van der Waals surface area contributed by atoms with Crippen molar-refractivity contribution in [1.82, 2.24) is 26.6 Å². The molecule has 60 nitrogen and oxygen atoms in total. The number of rotatable bonds is 39. The Bertz CT molecular complexity index is 3710. The first-order valence-electron chi connectivity index (χ1n) is 43.4. The lowest BCUT2D eigenvalue weighted by Crippen LogP contribution is -2.71. The molecule has 10 saturated heterocycles. The minimum atomic E-state index is -2.69. The summed E-state index contributed by atoms with van der Waals surface area (Å²) in [6.07, 6.45) is -105. The largest absolute Gasteiger partial charge is 0.394 e. The quantitative estimate of drug-likeness (QED) is 0.0272. The lowest BCUT2D eigenvalue weighted by molar-refractivity contribution is -0.398. The molecule has 0 aromatic carbocycles. The summed E-state index contributed by atoms with van der Waals surface area (Å²) < 4.78 is 119. The first kappa shape index (κ1) is 113. The Kier molecular flexibility index (Phi) is 41.9. The number of amides is 5. The zero-order valence-electron chi connectivity index (χ0n) is 73.6. The molecule has 0 aromatic heterocycles. The van der Waals surface area contributed by atoms with Crippen molar-refractivity contribution in [2.24, 2.45) is 0 Å². The van der Waals surface area contributed by atoms with Gasteiger partial charge in [0.15, 0.2) is 62.9 Å². The number of nitrogens with one attached hydrogen (secondary N) is 5. The zero-order valence-corrected chi connectivity index (χ0v) is 73.6. The van der Waals surface area contributed by atoms with Crippen LogP contribution in [0.25, 0.3) is 0 Å². The number of hydrogen-bond donors (Lipinski definition) is 35. The van der Waals surface area contributed by atoms with Gasteiger partial charge in [-0.3, -0.25) is 24.0 Å². The van der Waals surface area contributed by atoms with Crippen molar-refractivity contribution in [3.05, 3.63) is 0 Å². The molecule has 60 heteroatoms. The van der Waals surface area contributed by atoms with Gasteiger partial charge in [0.05, 0.1) is 84.8 Å². The fourth-order valence-electron chi connectivity index (χ4n) is 17.3. The molecule has 35 N–H and O–H groups in total. The van der Waals surface area contributed by atoms with Crippen LogP contribution in [-0.4, -0.2) is 587 Å². The lowest BCUT2D eigenvalue weighted by atomic mass is 9.94. The van der Waals surface area contributed by atoms with E-state index in [0.717, 1.165) is 34.6 Å². The molecule has 0 bridgehead atoms. The fourth-order valence-corrected chi connectivity index (χ4v) is 17.3. The zero-order chi connectivity index (χ0) is 101. The molecular formula is C76H129N5O55. The molecule has 0 saturated carbocycles. The Morgan fingerprint density at radius 3 is 0.993 bits per heavy atom. The van der Waals surface area contributed by atoms with Crippen molar-refractivity contribution in [1.29, 1.82) is 0 Å². The van der Waals surface area contributed by atoms with Gasteiger partial charge in [-0.15, -0.1) is 0 Å². The smallest absolute Gasteiger partial charge is 0.217 e. The van der Waals surface area contributed by atoms with Crippen LogP contribution in [-0.2, 0) is 119 Å². The molecule has 0 unspecified atom stereocenters. The van der Waals surface area contributed by atoms with Crippen molar-refractivity contribution < 1.29 is 272 Å². The summed E-state index contributed by atoms with van der Waals surface area (Å²) in [5.74, 6) is -4.80. The SMILES string of the molecule is CC(=O)N[C@H]1[C@H](O[C@@H]([C@H](O)[C@H](CO)NC(C)=O)[C@H](O)CO[C@@H]2O[C@@H](C)[C@@H](O)[C@@H](O)[C@@H]2O)O[C@H](CO)[C@@H](O[C@@H]2O[C@H](CO[C@H]3O[C@H](CO)[C@@H](O)[C@H](O)[C@@H]3O[C@@H]3O[C@H](CO)[C@@H](O[C@@H]4O[C@H](CO)[C@H](O)[C@H](O[C@H]5O[C@H](CO)[C@H](O)[C@H](O)[C@H]5O)[C@H]4O)[C@H](O)[C@H]3NC(C)=O)[C@@H](O)[C@H](O[C@H]3O[C@H](CO)[C@@H](O)[C@H](O)[C@@H]3O[C@@H]3O[C@H](CO)[C@@H](O[C@@H]4O[C@H](CO)[C@H](O)[C@H](O)[C@H]4NC(C)=O)[C@H](O)[C@H]3NC(C)=O)[C@@H]2O)[C@@H]1O. The highest BCUT2D eigenvalue weighted by atomic mass is 16.8. The number of carbonyl (C=O) groups excluding carboxylic acids is 5. The molecule has 10 aliphatic heterocycles. The number of carbonyl (C=O) groups is 5. The monoisotopic (exact) mass is 1990 g/mol. The molecular weight excluding hydrogens is 1860 g/mol. The minimum Gasteiger partial charge on any atom is -0.394 e. The molecule has 788 valence electrons. The van der Waals surface area contributed by atoms with Crippen molar-refractivity contribution in [3.63, 3.8) is 0 Å². The fraction of sp³-hybridized carbons (Fsp3) is 0.934. The summed E-state index contributed by atoms with van der Waals surface area (Å²) >= 11 is 0. The molecule has 0 aromatic rings. The molecule has 0 spiro atoms. The van der Waals surface area contributed by atoms with Crippen molar-refractivity contribution >= 4 is 29.5 Å². The molecule has 54 atom stereocenters. The van der Waals surface area contributed by atoms with Crippen LogP contribution < -0.4 is 26.6 Å². The van der Waals surface area contributed by atoms with E-state index in [0.29, 0.717) is 0 Å². The van der Waals surface area contributed by atoms with Gasteiger partial charge in [0.1, 0.15) is 256 Å².